The Morgan fingerprint density at radius 2 is 0.893 bits per heavy atom. The van der Waals surface area contributed by atoms with Crippen molar-refractivity contribution in [1.82, 2.24) is 63.1 Å². The fraction of sp³-hybridized carbons (Fsp3) is 0.352. The van der Waals surface area contributed by atoms with E-state index in [0.717, 1.165) is 41.7 Å². The standard InChI is InChI=1S/C71H86N14O18/c1-38-15-21-46(22-16-38)48-25-17-43(18-26-48)29-52(62(73)94)79-66(98)53(31-44-19-23-47(24-20-44)45-13-9-6-10-14-45)80-67(99)55(33-59(92)93)81-69(101)56(36-86)83-71(103)61(41(4)88)85-68(100)54(30-42-11-7-5-8-12-42)82-70(102)60(40(3)87)84-57(89)35-75-65(97)51(27-28-58(90)91)78-63(95)39(2)77-64(96)50(72)32-49-34-74-37-76-49/h5-26,34,37,39-41,50-56,60-61,86-88H,27-33,35-36,72H2,1-4H3,(H2,73,94)(H,74,76)(H,75,97)(H,77,96)(H,78,95)(H,79,98)(H,80,99)(H,81,101)(H,82,102)(H,83,103)(H,84,89)(H,85,100)(H,90,91)(H,92,93)/t39-,40+,41+,50-,51-,52-,53-,54-,55-,56-,60-,61-/m0/s1. The first-order valence-corrected chi connectivity index (χ1v) is 32.8. The zero-order chi connectivity index (χ0) is 75.4. The number of nitrogens with two attached hydrogens (primary N) is 2. The number of primary amides is 1. The molecule has 0 saturated heterocycles. The maximum atomic E-state index is 14.4. The van der Waals surface area contributed by atoms with Crippen LogP contribution in [-0.2, 0) is 88.0 Å². The van der Waals surface area contributed by atoms with Crippen LogP contribution >= 0.6 is 0 Å². The van der Waals surface area contributed by atoms with E-state index in [1.807, 2.05) is 73.7 Å². The third-order valence-electron chi connectivity index (χ3n) is 16.2. The second-order valence-corrected chi connectivity index (χ2v) is 24.5. The number of aliphatic carboxylic acids is 2. The van der Waals surface area contributed by atoms with Gasteiger partial charge in [-0.15, -0.1) is 0 Å². The van der Waals surface area contributed by atoms with Crippen molar-refractivity contribution in [2.45, 2.75) is 145 Å². The van der Waals surface area contributed by atoms with Gasteiger partial charge in [-0.2, -0.15) is 0 Å². The van der Waals surface area contributed by atoms with Crippen molar-refractivity contribution in [2.24, 2.45) is 11.5 Å². The van der Waals surface area contributed by atoms with Gasteiger partial charge in [-0.1, -0.05) is 139 Å². The molecule has 0 saturated carbocycles. The van der Waals surface area contributed by atoms with Crippen LogP contribution in [0.25, 0.3) is 22.3 Å². The molecular formula is C71H86N14O18. The van der Waals surface area contributed by atoms with Crippen LogP contribution in [0.3, 0.4) is 0 Å². The fourth-order valence-electron chi connectivity index (χ4n) is 10.4. The van der Waals surface area contributed by atoms with Gasteiger partial charge in [0.05, 0.1) is 49.8 Å². The average molecular weight is 1420 g/mol. The molecule has 0 unspecified atom stereocenters. The van der Waals surface area contributed by atoms with Crippen LogP contribution < -0.4 is 64.6 Å². The van der Waals surface area contributed by atoms with E-state index in [4.69, 9.17) is 11.5 Å². The molecule has 0 radical (unpaired) electrons. The third-order valence-corrected chi connectivity index (χ3v) is 16.2. The number of aryl methyl sites for hydroxylation is 1. The minimum absolute atomic E-state index is 0.0110. The van der Waals surface area contributed by atoms with Crippen LogP contribution in [0, 0.1) is 6.92 Å². The molecule has 0 aliphatic heterocycles. The van der Waals surface area contributed by atoms with Gasteiger partial charge in [-0.25, -0.2) is 4.98 Å². The maximum absolute atomic E-state index is 14.4. The zero-order valence-corrected chi connectivity index (χ0v) is 56.8. The highest BCUT2D eigenvalue weighted by Crippen LogP contribution is 2.23. The monoisotopic (exact) mass is 1420 g/mol. The number of aliphatic hydroxyl groups is 3. The first-order chi connectivity index (χ1) is 49.0. The minimum atomic E-state index is -2.04. The number of hydrogen-bond donors (Lipinski definition) is 18. The number of amides is 11. The van der Waals surface area contributed by atoms with E-state index in [9.17, 15) is 87.9 Å². The molecule has 11 amide bonds. The molecule has 1 heterocycles. The first kappa shape index (κ1) is 80.2. The van der Waals surface area contributed by atoms with Gasteiger partial charge in [0.2, 0.25) is 65.0 Å². The highest BCUT2D eigenvalue weighted by Gasteiger charge is 2.37. The molecular weight excluding hydrogens is 1340 g/mol. The lowest BCUT2D eigenvalue weighted by Gasteiger charge is -2.28. The van der Waals surface area contributed by atoms with Gasteiger partial charge in [-0.3, -0.25) is 62.3 Å². The van der Waals surface area contributed by atoms with Crippen molar-refractivity contribution in [3.8, 4) is 22.3 Å². The molecule has 20 N–H and O–H groups in total. The Morgan fingerprint density at radius 1 is 0.456 bits per heavy atom. The van der Waals surface area contributed by atoms with Gasteiger partial charge < -0.3 is 95.2 Å². The summed E-state index contributed by atoms with van der Waals surface area (Å²) in [7, 11) is 0. The molecule has 0 aliphatic rings. The number of aliphatic hydroxyl groups excluding tert-OH is 3. The number of aromatic nitrogens is 2. The molecule has 32 nitrogen and oxygen atoms in total. The van der Waals surface area contributed by atoms with Crippen molar-refractivity contribution in [2.75, 3.05) is 13.2 Å². The Labute approximate surface area is 591 Å². The Balaban J connectivity index is 1.12. The van der Waals surface area contributed by atoms with E-state index < -0.39 is 182 Å². The summed E-state index contributed by atoms with van der Waals surface area (Å²) in [4.78, 5) is 181. The van der Waals surface area contributed by atoms with E-state index in [0.29, 0.717) is 22.4 Å². The molecule has 0 bridgehead atoms. The van der Waals surface area contributed by atoms with Gasteiger partial charge in [0.1, 0.15) is 54.4 Å². The van der Waals surface area contributed by atoms with E-state index >= 15 is 0 Å². The number of carbonyl (C=O) groups excluding carboxylic acids is 11. The van der Waals surface area contributed by atoms with E-state index in [-0.39, 0.29) is 25.7 Å². The van der Waals surface area contributed by atoms with Crippen molar-refractivity contribution >= 4 is 76.9 Å². The lowest BCUT2D eigenvalue weighted by atomic mass is 9.98. The van der Waals surface area contributed by atoms with Crippen LogP contribution in [0.4, 0.5) is 0 Å². The predicted molar refractivity (Wildman–Crippen MR) is 371 cm³/mol. The summed E-state index contributed by atoms with van der Waals surface area (Å²) in [6, 6.07) is 22.6. The third kappa shape index (κ3) is 25.7. The molecule has 0 spiro atoms. The number of rotatable bonds is 39. The number of carbonyl (C=O) groups is 13. The maximum Gasteiger partial charge on any atom is 0.305 e. The van der Waals surface area contributed by atoms with E-state index in [2.05, 4.69) is 63.1 Å². The lowest BCUT2D eigenvalue weighted by Crippen LogP contribution is -2.63. The molecule has 6 aromatic rings. The Hall–Kier alpha value is -11.7. The van der Waals surface area contributed by atoms with Crippen LogP contribution in [0.1, 0.15) is 68.0 Å². The van der Waals surface area contributed by atoms with Crippen molar-refractivity contribution in [3.63, 3.8) is 0 Å². The summed E-state index contributed by atoms with van der Waals surface area (Å²) in [6.45, 7) is 3.22. The number of benzene rings is 5. The number of hydrogen-bond acceptors (Lipinski definition) is 18. The molecule has 548 valence electrons. The Bertz CT molecular complexity index is 3900. The molecule has 103 heavy (non-hydrogen) atoms. The Morgan fingerprint density at radius 3 is 1.40 bits per heavy atom. The zero-order valence-electron chi connectivity index (χ0n) is 56.8. The second-order valence-electron chi connectivity index (χ2n) is 24.5. The molecule has 1 aromatic heterocycles. The number of aromatic amines is 1. The number of nitrogens with zero attached hydrogens (tertiary/aromatic N) is 1. The predicted octanol–water partition coefficient (Wildman–Crippen LogP) is -2.27. The number of H-pyrrole nitrogens is 1. The summed E-state index contributed by atoms with van der Waals surface area (Å²) in [5, 5.41) is 74.9. The number of imidazole rings is 1. The highest BCUT2D eigenvalue weighted by atomic mass is 16.4. The van der Waals surface area contributed by atoms with Crippen LogP contribution in [-0.4, -0.2) is 198 Å². The van der Waals surface area contributed by atoms with Crippen molar-refractivity contribution in [3.05, 3.63) is 174 Å². The normalized spacial score (nSPS) is 14.5. The minimum Gasteiger partial charge on any atom is -0.481 e. The van der Waals surface area contributed by atoms with Gasteiger partial charge in [0, 0.05) is 38.3 Å². The lowest BCUT2D eigenvalue weighted by molar-refractivity contribution is -0.142. The second kappa shape index (κ2) is 39.3. The molecule has 32 heteroatoms. The van der Waals surface area contributed by atoms with Crippen LogP contribution in [0.15, 0.2) is 146 Å². The fourth-order valence-corrected chi connectivity index (χ4v) is 10.4. The average Bonchev–Trinajstić information content (AvgIpc) is 1.89. The summed E-state index contributed by atoms with van der Waals surface area (Å²) in [5.41, 5.74) is 18.3. The SMILES string of the molecule is Cc1ccc(-c2ccc(C[C@H](NC(=O)[C@H](Cc3ccc(-c4ccccc4)cc3)NC(=O)[C@H](CC(=O)O)NC(=O)[C@H](CO)NC(=O)[C@@H](NC(=O)[C@H](Cc3ccccc3)NC(=O)[C@@H](NC(=O)CNC(=O)[C@H](CCC(=O)O)NC(=O)[C@H](C)NC(=O)[C@@H](N)Cc3c[nH]cn3)[C@@H](C)O)[C@@H](C)O)C(N)=O)cc2)cc1. The van der Waals surface area contributed by atoms with Crippen LogP contribution in [0.5, 0.6) is 0 Å². The van der Waals surface area contributed by atoms with Crippen LogP contribution in [0.2, 0.25) is 0 Å². The number of carboxylic acids is 2. The summed E-state index contributed by atoms with van der Waals surface area (Å²) >= 11 is 0. The number of carboxylic acid groups (broad SMARTS) is 2. The molecule has 5 aromatic carbocycles. The highest BCUT2D eigenvalue weighted by molar-refractivity contribution is 6.00. The quantitative estimate of drug-likeness (QED) is 0.0193. The molecule has 0 aliphatic carbocycles. The van der Waals surface area contributed by atoms with Crippen molar-refractivity contribution < 1.29 is 87.9 Å². The number of nitrogens with one attached hydrogen (secondary N) is 11. The topological polar surface area (TPSA) is 524 Å². The van der Waals surface area contributed by atoms with Gasteiger partial charge in [0.15, 0.2) is 0 Å². The van der Waals surface area contributed by atoms with E-state index in [1.165, 1.54) is 19.4 Å². The molecule has 12 atom stereocenters. The first-order valence-electron chi connectivity index (χ1n) is 32.8. The summed E-state index contributed by atoms with van der Waals surface area (Å²) in [5.74, 6) is -15.0. The van der Waals surface area contributed by atoms with Gasteiger partial charge in [0.25, 0.3) is 0 Å². The molecule has 6 rings (SSSR count). The summed E-state index contributed by atoms with van der Waals surface area (Å²) in [6.07, 6.45) is -3.57. The summed E-state index contributed by atoms with van der Waals surface area (Å²) < 4.78 is 0. The van der Waals surface area contributed by atoms with Crippen molar-refractivity contribution in [1.29, 1.82) is 0 Å². The smallest absolute Gasteiger partial charge is 0.305 e. The van der Waals surface area contributed by atoms with Gasteiger partial charge in [-0.05, 0) is 73.1 Å². The largest absolute Gasteiger partial charge is 0.481 e. The molecule has 0 fully saturated rings. The Kier molecular flexibility index (Phi) is 30.6. The van der Waals surface area contributed by atoms with E-state index in [1.54, 1.807) is 66.7 Å². The van der Waals surface area contributed by atoms with Gasteiger partial charge >= 0.3 is 11.9 Å².